The molecule has 0 rings (SSSR count). The van der Waals surface area contributed by atoms with Crippen molar-refractivity contribution in [3.8, 4) is 0 Å². The highest BCUT2D eigenvalue weighted by Crippen LogP contribution is 2.12. The minimum absolute atomic E-state index is 0.147. The third kappa shape index (κ3) is 7.92. The van der Waals surface area contributed by atoms with Crippen LogP contribution in [0, 0.1) is 5.92 Å². The molecule has 5 heteroatoms. The molecule has 0 aliphatic heterocycles. The first-order chi connectivity index (χ1) is 8.65. The Bertz CT molecular complexity index is 255. The molecule has 0 aromatic heterocycles. The predicted molar refractivity (Wildman–Crippen MR) is 73.6 cm³/mol. The fourth-order valence-corrected chi connectivity index (χ4v) is 1.81. The first-order valence-corrected chi connectivity index (χ1v) is 6.89. The summed E-state index contributed by atoms with van der Waals surface area (Å²) in [5.41, 5.74) is 5.35. The van der Waals surface area contributed by atoms with Crippen LogP contribution in [-0.4, -0.2) is 23.5 Å². The number of nitrogens with one attached hydrogen (secondary N) is 1. The van der Waals surface area contributed by atoms with Crippen LogP contribution in [0.2, 0.25) is 0 Å². The van der Waals surface area contributed by atoms with Gasteiger partial charge in [-0.1, -0.05) is 31.8 Å². The Kier molecular flexibility index (Phi) is 10.1. The second-order valence-electron chi connectivity index (χ2n) is 4.59. The average molecular weight is 257 g/mol. The summed E-state index contributed by atoms with van der Waals surface area (Å²) in [6, 6.07) is 0. The number of hydrogen-bond donors (Lipinski definition) is 3. The summed E-state index contributed by atoms with van der Waals surface area (Å²) in [6.45, 7) is 4.86. The van der Waals surface area contributed by atoms with Crippen molar-refractivity contribution in [2.24, 2.45) is 16.8 Å². The number of amides is 1. The molecule has 0 heterocycles. The van der Waals surface area contributed by atoms with Gasteiger partial charge in [-0.15, -0.1) is 0 Å². The monoisotopic (exact) mass is 257 g/mol. The Morgan fingerprint density at radius 3 is 2.61 bits per heavy atom. The number of carbonyl (C=O) groups is 1. The maximum Gasteiger partial charge on any atom is 0.223 e. The summed E-state index contributed by atoms with van der Waals surface area (Å²) in [5, 5.41) is 14.2. The van der Waals surface area contributed by atoms with Gasteiger partial charge in [0.05, 0.1) is 0 Å². The molecule has 106 valence electrons. The summed E-state index contributed by atoms with van der Waals surface area (Å²) in [6.07, 6.45) is 6.35. The molecule has 18 heavy (non-hydrogen) atoms. The molecule has 0 fully saturated rings. The van der Waals surface area contributed by atoms with Crippen molar-refractivity contribution in [2.75, 3.05) is 6.54 Å². The van der Waals surface area contributed by atoms with Crippen molar-refractivity contribution in [3.05, 3.63) is 0 Å². The summed E-state index contributed by atoms with van der Waals surface area (Å²) >= 11 is 0. The van der Waals surface area contributed by atoms with Crippen molar-refractivity contribution >= 4 is 11.7 Å². The van der Waals surface area contributed by atoms with Crippen LogP contribution in [0.1, 0.15) is 58.8 Å². The van der Waals surface area contributed by atoms with Crippen LogP contribution in [0.25, 0.3) is 0 Å². The lowest BCUT2D eigenvalue weighted by Gasteiger charge is -2.14. The summed E-state index contributed by atoms with van der Waals surface area (Å²) in [5.74, 6) is 0.555. The maximum atomic E-state index is 11.8. The minimum Gasteiger partial charge on any atom is -0.409 e. The van der Waals surface area contributed by atoms with Crippen LogP contribution in [0.15, 0.2) is 5.16 Å². The van der Waals surface area contributed by atoms with E-state index >= 15 is 0 Å². The largest absolute Gasteiger partial charge is 0.409 e. The van der Waals surface area contributed by atoms with Gasteiger partial charge in [-0.2, -0.15) is 0 Å². The van der Waals surface area contributed by atoms with Gasteiger partial charge in [-0.05, 0) is 25.7 Å². The van der Waals surface area contributed by atoms with Crippen LogP contribution < -0.4 is 11.1 Å². The van der Waals surface area contributed by atoms with Gasteiger partial charge in [0.2, 0.25) is 5.91 Å². The molecule has 0 spiro atoms. The Morgan fingerprint density at radius 2 is 2.06 bits per heavy atom. The Morgan fingerprint density at radius 1 is 1.33 bits per heavy atom. The summed E-state index contributed by atoms with van der Waals surface area (Å²) < 4.78 is 0. The fourth-order valence-electron chi connectivity index (χ4n) is 1.81. The van der Waals surface area contributed by atoms with Crippen molar-refractivity contribution in [1.29, 1.82) is 0 Å². The van der Waals surface area contributed by atoms with Gasteiger partial charge >= 0.3 is 0 Å². The quantitative estimate of drug-likeness (QED) is 0.184. The zero-order chi connectivity index (χ0) is 13.8. The number of unbranched alkanes of at least 4 members (excludes halogenated alkanes) is 2. The molecular weight excluding hydrogens is 230 g/mol. The molecule has 0 aliphatic rings. The normalized spacial score (nSPS) is 13.3. The molecule has 0 saturated heterocycles. The highest BCUT2D eigenvalue weighted by atomic mass is 16.4. The van der Waals surface area contributed by atoms with Crippen molar-refractivity contribution in [1.82, 2.24) is 5.32 Å². The van der Waals surface area contributed by atoms with Gasteiger partial charge in [-0.25, -0.2) is 0 Å². The molecule has 0 saturated carbocycles. The van der Waals surface area contributed by atoms with E-state index in [0.29, 0.717) is 13.0 Å². The third-order valence-electron chi connectivity index (χ3n) is 3.06. The number of oxime groups is 1. The van der Waals surface area contributed by atoms with E-state index < -0.39 is 0 Å². The topological polar surface area (TPSA) is 87.7 Å². The minimum atomic E-state index is 0.147. The van der Waals surface area contributed by atoms with Crippen molar-refractivity contribution in [2.45, 2.75) is 58.8 Å². The van der Waals surface area contributed by atoms with E-state index in [2.05, 4.69) is 24.3 Å². The lowest BCUT2D eigenvalue weighted by atomic mass is 9.98. The number of rotatable bonds is 10. The zero-order valence-corrected chi connectivity index (χ0v) is 11.6. The standard InChI is InChI=1S/C13H27N3O2/c1-3-5-8-11(4-2)13(17)15-10-7-6-9-12(14)16-18/h11,18H,3-10H2,1-2H3,(H2,14,16)(H,15,17). The van der Waals surface area contributed by atoms with Gasteiger partial charge in [-0.3, -0.25) is 4.79 Å². The molecule has 0 aliphatic carbocycles. The summed E-state index contributed by atoms with van der Waals surface area (Å²) in [4.78, 5) is 11.8. The highest BCUT2D eigenvalue weighted by molar-refractivity contribution is 5.79. The molecule has 4 N–H and O–H groups in total. The lowest BCUT2D eigenvalue weighted by molar-refractivity contribution is -0.125. The van der Waals surface area contributed by atoms with Gasteiger partial charge < -0.3 is 16.3 Å². The van der Waals surface area contributed by atoms with E-state index in [4.69, 9.17) is 10.9 Å². The second-order valence-corrected chi connectivity index (χ2v) is 4.59. The van der Waals surface area contributed by atoms with Crippen LogP contribution in [0.3, 0.4) is 0 Å². The Hall–Kier alpha value is -1.26. The fraction of sp³-hybridized carbons (Fsp3) is 0.846. The Balaban J connectivity index is 3.67. The second kappa shape index (κ2) is 10.9. The van der Waals surface area contributed by atoms with E-state index in [9.17, 15) is 4.79 Å². The summed E-state index contributed by atoms with van der Waals surface area (Å²) in [7, 11) is 0. The predicted octanol–water partition coefficient (Wildman–Crippen LogP) is 2.24. The molecule has 0 bridgehead atoms. The van der Waals surface area contributed by atoms with Gasteiger partial charge in [0.1, 0.15) is 5.84 Å². The first kappa shape index (κ1) is 16.7. The molecule has 1 amide bonds. The smallest absolute Gasteiger partial charge is 0.223 e. The molecule has 0 aromatic rings. The highest BCUT2D eigenvalue weighted by Gasteiger charge is 2.14. The van der Waals surface area contributed by atoms with Crippen LogP contribution in [-0.2, 0) is 4.79 Å². The van der Waals surface area contributed by atoms with Crippen LogP contribution in [0.4, 0.5) is 0 Å². The van der Waals surface area contributed by atoms with Gasteiger partial charge in [0.15, 0.2) is 0 Å². The molecule has 5 nitrogen and oxygen atoms in total. The number of amidine groups is 1. The number of hydrogen-bond acceptors (Lipinski definition) is 3. The lowest BCUT2D eigenvalue weighted by Crippen LogP contribution is -2.31. The van der Waals surface area contributed by atoms with E-state index in [-0.39, 0.29) is 17.7 Å². The van der Waals surface area contributed by atoms with E-state index in [0.717, 1.165) is 38.5 Å². The molecular formula is C13H27N3O2. The molecule has 0 aromatic carbocycles. The van der Waals surface area contributed by atoms with E-state index in [1.165, 1.54) is 0 Å². The maximum absolute atomic E-state index is 11.8. The molecule has 1 atom stereocenters. The van der Waals surface area contributed by atoms with Crippen molar-refractivity contribution in [3.63, 3.8) is 0 Å². The van der Waals surface area contributed by atoms with Gasteiger partial charge in [0, 0.05) is 18.9 Å². The van der Waals surface area contributed by atoms with Crippen LogP contribution in [0.5, 0.6) is 0 Å². The third-order valence-corrected chi connectivity index (χ3v) is 3.06. The molecule has 0 radical (unpaired) electrons. The van der Waals surface area contributed by atoms with E-state index in [1.54, 1.807) is 0 Å². The zero-order valence-electron chi connectivity index (χ0n) is 11.6. The SMILES string of the molecule is CCCCC(CC)C(=O)NCCCCC(N)=NO. The average Bonchev–Trinajstić information content (AvgIpc) is 2.38. The van der Waals surface area contributed by atoms with Gasteiger partial charge in [0.25, 0.3) is 0 Å². The number of carbonyl (C=O) groups excluding carboxylic acids is 1. The van der Waals surface area contributed by atoms with E-state index in [1.807, 2.05) is 0 Å². The number of nitrogens with zero attached hydrogens (tertiary/aromatic N) is 1. The Labute approximate surface area is 110 Å². The first-order valence-electron chi connectivity index (χ1n) is 6.89. The molecule has 1 unspecified atom stereocenters. The van der Waals surface area contributed by atoms with Crippen LogP contribution >= 0.6 is 0 Å². The number of nitrogens with two attached hydrogens (primary N) is 1. The van der Waals surface area contributed by atoms with Crippen molar-refractivity contribution < 1.29 is 10.0 Å².